The number of imidazole rings is 1. The maximum absolute atomic E-state index is 13.9. The van der Waals surface area contributed by atoms with E-state index in [1.807, 2.05) is 24.3 Å². The van der Waals surface area contributed by atoms with Gasteiger partial charge in [-0.05, 0) is 73.0 Å². The van der Waals surface area contributed by atoms with Crippen LogP contribution in [0.2, 0.25) is 0 Å². The van der Waals surface area contributed by atoms with Gasteiger partial charge < -0.3 is 33.9 Å². The third-order valence-corrected chi connectivity index (χ3v) is 11.4. The Balaban J connectivity index is 1.16. The number of fused-ring (bicyclic) bond motifs is 1. The summed E-state index contributed by atoms with van der Waals surface area (Å²) >= 11 is 0. The lowest BCUT2D eigenvalue weighted by Crippen LogP contribution is -2.43. The van der Waals surface area contributed by atoms with E-state index in [1.165, 1.54) is 26.4 Å². The number of rotatable bonds is 13. The standard InChI is InChI=1S/C37H42N4O10S/c1-48-29-11-13-30(14-12-29)52(46,47)40(19-21-42)20-22-50-34-24-27(25-7-9-26(10-8-25)36(44)49-2)23-33(51-34)35(43)39-17-15-28(16-18-39)41-32-6-4-3-5-31(32)38-37(41)45/h3-14,23,27-28,34,42H,15-22,24H2,1-2H3,(H,38,45). The van der Waals surface area contributed by atoms with E-state index in [2.05, 4.69) is 4.98 Å². The Morgan fingerprint density at radius 3 is 2.37 bits per heavy atom. The molecule has 3 aromatic carbocycles. The van der Waals surface area contributed by atoms with Crippen molar-refractivity contribution >= 4 is 32.9 Å². The number of esters is 1. The first kappa shape index (κ1) is 36.8. The quantitative estimate of drug-likeness (QED) is 0.194. The van der Waals surface area contributed by atoms with Crippen molar-refractivity contribution in [2.75, 3.05) is 53.6 Å². The summed E-state index contributed by atoms with van der Waals surface area (Å²) in [5, 5.41) is 9.67. The van der Waals surface area contributed by atoms with Crippen LogP contribution in [0.4, 0.5) is 0 Å². The van der Waals surface area contributed by atoms with Crippen molar-refractivity contribution in [1.29, 1.82) is 0 Å². The predicted octanol–water partition coefficient (Wildman–Crippen LogP) is 3.40. The van der Waals surface area contributed by atoms with Gasteiger partial charge in [0.1, 0.15) is 5.75 Å². The molecular weight excluding hydrogens is 692 g/mol. The van der Waals surface area contributed by atoms with E-state index in [0.717, 1.165) is 20.9 Å². The number of aromatic amines is 1. The van der Waals surface area contributed by atoms with Crippen molar-refractivity contribution in [3.8, 4) is 5.75 Å². The molecule has 0 bridgehead atoms. The van der Waals surface area contributed by atoms with Crippen LogP contribution in [-0.4, -0.2) is 104 Å². The van der Waals surface area contributed by atoms with Gasteiger partial charge in [0.05, 0.1) is 48.9 Å². The fraction of sp³-hybridized carbons (Fsp3) is 0.378. The molecule has 4 aromatic rings. The molecule has 0 spiro atoms. The number of methoxy groups -OCH3 is 2. The van der Waals surface area contributed by atoms with E-state index >= 15 is 0 Å². The molecule has 1 aromatic heterocycles. The Bertz CT molecular complexity index is 2070. The van der Waals surface area contributed by atoms with E-state index in [-0.39, 0.29) is 53.9 Å². The van der Waals surface area contributed by atoms with Gasteiger partial charge >= 0.3 is 11.7 Å². The number of nitrogens with one attached hydrogen (secondary N) is 1. The van der Waals surface area contributed by atoms with Gasteiger partial charge in [0.15, 0.2) is 5.76 Å². The van der Waals surface area contributed by atoms with Gasteiger partial charge in [-0.3, -0.25) is 9.36 Å². The van der Waals surface area contributed by atoms with E-state index < -0.39 is 28.9 Å². The van der Waals surface area contributed by atoms with Crippen molar-refractivity contribution < 1.29 is 42.1 Å². The molecule has 2 unspecified atom stereocenters. The number of sulfonamides is 1. The summed E-state index contributed by atoms with van der Waals surface area (Å²) in [5.74, 6) is -0.519. The molecule has 276 valence electrons. The van der Waals surface area contributed by atoms with Gasteiger partial charge in [-0.2, -0.15) is 4.31 Å². The number of para-hydroxylation sites is 2. The number of carbonyl (C=O) groups excluding carboxylic acids is 2. The molecule has 2 atom stereocenters. The minimum absolute atomic E-state index is 0.0419. The maximum Gasteiger partial charge on any atom is 0.337 e. The number of ether oxygens (including phenoxy) is 4. The van der Waals surface area contributed by atoms with Crippen molar-refractivity contribution in [1.82, 2.24) is 18.8 Å². The smallest absolute Gasteiger partial charge is 0.337 e. The van der Waals surface area contributed by atoms with Crippen LogP contribution in [0, 0.1) is 0 Å². The zero-order valence-corrected chi connectivity index (χ0v) is 29.8. The van der Waals surface area contributed by atoms with Crippen LogP contribution in [0.5, 0.6) is 5.75 Å². The average Bonchev–Trinajstić information content (AvgIpc) is 3.52. The fourth-order valence-corrected chi connectivity index (χ4v) is 8.11. The lowest BCUT2D eigenvalue weighted by molar-refractivity contribution is -0.153. The first-order chi connectivity index (χ1) is 25.1. The van der Waals surface area contributed by atoms with Crippen molar-refractivity contribution in [3.05, 3.63) is 106 Å². The van der Waals surface area contributed by atoms with Gasteiger partial charge in [-0.15, -0.1) is 0 Å². The van der Waals surface area contributed by atoms with Crippen molar-refractivity contribution in [2.24, 2.45) is 0 Å². The summed E-state index contributed by atoms with van der Waals surface area (Å²) in [6.45, 7) is 0.0922. The van der Waals surface area contributed by atoms with Crippen LogP contribution in [-0.2, 0) is 29.0 Å². The predicted molar refractivity (Wildman–Crippen MR) is 190 cm³/mol. The highest BCUT2D eigenvalue weighted by Crippen LogP contribution is 2.34. The number of aliphatic hydroxyl groups excluding tert-OH is 1. The number of allylic oxidation sites excluding steroid dienone is 1. The molecule has 2 aliphatic rings. The molecule has 52 heavy (non-hydrogen) atoms. The molecule has 2 aliphatic heterocycles. The maximum atomic E-state index is 13.9. The minimum Gasteiger partial charge on any atom is -0.497 e. The number of amides is 1. The zero-order valence-electron chi connectivity index (χ0n) is 29.0. The molecule has 0 saturated carbocycles. The molecule has 15 heteroatoms. The van der Waals surface area contributed by atoms with E-state index in [9.17, 15) is 27.9 Å². The number of H-pyrrole nitrogens is 1. The monoisotopic (exact) mass is 734 g/mol. The van der Waals surface area contributed by atoms with Crippen molar-refractivity contribution in [2.45, 2.75) is 42.4 Å². The molecule has 0 aliphatic carbocycles. The number of piperidine rings is 1. The number of aliphatic hydroxyl groups is 1. The van der Waals surface area contributed by atoms with Gasteiger partial charge in [-0.25, -0.2) is 18.0 Å². The summed E-state index contributed by atoms with van der Waals surface area (Å²) in [7, 11) is -1.17. The molecule has 1 amide bonds. The molecule has 14 nitrogen and oxygen atoms in total. The normalized spacial score (nSPS) is 18.2. The first-order valence-corrected chi connectivity index (χ1v) is 18.5. The summed E-state index contributed by atoms with van der Waals surface area (Å²) in [6, 6.07) is 20.3. The van der Waals surface area contributed by atoms with E-state index in [1.54, 1.807) is 51.9 Å². The van der Waals surface area contributed by atoms with E-state index in [0.29, 0.717) is 43.7 Å². The second-order valence-electron chi connectivity index (χ2n) is 12.5. The summed E-state index contributed by atoms with van der Waals surface area (Å²) in [4.78, 5) is 43.4. The fourth-order valence-electron chi connectivity index (χ4n) is 6.69. The molecule has 2 N–H and O–H groups in total. The zero-order chi connectivity index (χ0) is 36.8. The van der Waals surface area contributed by atoms with Crippen LogP contribution in [0.15, 0.2) is 94.3 Å². The van der Waals surface area contributed by atoms with Crippen LogP contribution in [0.25, 0.3) is 11.0 Å². The third kappa shape index (κ3) is 7.92. The molecule has 6 rings (SSSR count). The number of hydrogen-bond acceptors (Lipinski definition) is 10. The molecular formula is C37H42N4O10S. The Kier molecular flexibility index (Phi) is 11.4. The Labute approximate surface area is 301 Å². The Hall–Kier alpha value is -4.96. The number of benzene rings is 3. The van der Waals surface area contributed by atoms with Crippen LogP contribution in [0.3, 0.4) is 0 Å². The number of nitrogens with zero attached hydrogens (tertiary/aromatic N) is 3. The topological polar surface area (TPSA) is 170 Å². The van der Waals surface area contributed by atoms with Gasteiger partial charge in [-0.1, -0.05) is 24.3 Å². The summed E-state index contributed by atoms with van der Waals surface area (Å²) in [5.41, 5.74) is 2.61. The Morgan fingerprint density at radius 1 is 0.981 bits per heavy atom. The molecule has 1 saturated heterocycles. The summed E-state index contributed by atoms with van der Waals surface area (Å²) in [6.07, 6.45) is 2.30. The highest BCUT2D eigenvalue weighted by Gasteiger charge is 2.34. The number of aromatic nitrogens is 2. The third-order valence-electron chi connectivity index (χ3n) is 9.46. The molecule has 0 radical (unpaired) electrons. The number of likely N-dealkylation sites (tertiary alicyclic amines) is 1. The minimum atomic E-state index is -3.97. The van der Waals surface area contributed by atoms with Gasteiger partial charge in [0.2, 0.25) is 16.3 Å². The molecule has 1 fully saturated rings. The van der Waals surface area contributed by atoms with E-state index in [4.69, 9.17) is 18.9 Å². The van der Waals surface area contributed by atoms with Crippen LogP contribution in [0.1, 0.15) is 47.1 Å². The highest BCUT2D eigenvalue weighted by atomic mass is 32.2. The van der Waals surface area contributed by atoms with Gasteiger partial charge in [0, 0.05) is 44.6 Å². The van der Waals surface area contributed by atoms with Crippen LogP contribution < -0.4 is 10.4 Å². The van der Waals surface area contributed by atoms with Gasteiger partial charge in [0.25, 0.3) is 5.91 Å². The van der Waals surface area contributed by atoms with Crippen LogP contribution >= 0.6 is 0 Å². The SMILES string of the molecule is COC(=O)c1ccc(C2C=C(C(=O)N3CCC(n4c(=O)[nH]c5ccccc54)CC3)OC(OCCN(CCO)S(=O)(=O)c3ccc(OC)cc3)C2)cc1. The average molecular weight is 735 g/mol. The molecule has 3 heterocycles. The number of carbonyl (C=O) groups is 2. The second kappa shape index (κ2) is 16.2. The largest absolute Gasteiger partial charge is 0.497 e. The van der Waals surface area contributed by atoms with Crippen molar-refractivity contribution in [3.63, 3.8) is 0 Å². The number of hydrogen-bond donors (Lipinski definition) is 2. The Morgan fingerprint density at radius 2 is 1.69 bits per heavy atom. The highest BCUT2D eigenvalue weighted by molar-refractivity contribution is 7.89. The lowest BCUT2D eigenvalue weighted by Gasteiger charge is -2.35. The lowest BCUT2D eigenvalue weighted by atomic mass is 9.92. The second-order valence-corrected chi connectivity index (χ2v) is 14.5. The summed E-state index contributed by atoms with van der Waals surface area (Å²) < 4.78 is 51.9. The first-order valence-electron chi connectivity index (χ1n) is 17.0.